The van der Waals surface area contributed by atoms with Crippen LogP contribution in [0.1, 0.15) is 38.5 Å². The zero-order valence-corrected chi connectivity index (χ0v) is 9.91. The zero-order valence-electron chi connectivity index (χ0n) is 9.91. The van der Waals surface area contributed by atoms with Gasteiger partial charge in [-0.05, 0) is 12.8 Å². The summed E-state index contributed by atoms with van der Waals surface area (Å²) < 4.78 is 5.27. The number of carbonyl (C=O) groups excluding carboxylic acids is 2. The molecule has 1 unspecified atom stereocenters. The lowest BCUT2D eigenvalue weighted by Crippen LogP contribution is -2.48. The Kier molecular flexibility index (Phi) is 2.58. The molecule has 1 aliphatic carbocycles. The lowest BCUT2D eigenvalue weighted by molar-refractivity contribution is -0.133. The van der Waals surface area contributed by atoms with Crippen molar-refractivity contribution in [3.63, 3.8) is 0 Å². The molecule has 3 amide bonds. The van der Waals surface area contributed by atoms with Gasteiger partial charge in [0.05, 0.1) is 6.61 Å². The predicted molar refractivity (Wildman–Crippen MR) is 60.4 cm³/mol. The van der Waals surface area contributed by atoms with E-state index in [4.69, 9.17) is 4.74 Å². The Hall–Kier alpha value is -1.10. The number of amides is 3. The van der Waals surface area contributed by atoms with Crippen LogP contribution in [-0.4, -0.2) is 41.6 Å². The highest BCUT2D eigenvalue weighted by Gasteiger charge is 2.55. The third-order valence-corrected chi connectivity index (χ3v) is 4.15. The van der Waals surface area contributed by atoms with E-state index in [-0.39, 0.29) is 18.0 Å². The maximum absolute atomic E-state index is 12.4. The molecule has 0 aromatic heterocycles. The highest BCUT2D eigenvalue weighted by molar-refractivity contribution is 6.07. The molecule has 1 N–H and O–H groups in total. The number of nitrogens with zero attached hydrogens (tertiary/aromatic N) is 1. The van der Waals surface area contributed by atoms with Crippen LogP contribution in [0.5, 0.6) is 0 Å². The van der Waals surface area contributed by atoms with Gasteiger partial charge >= 0.3 is 6.03 Å². The van der Waals surface area contributed by atoms with Crippen LogP contribution < -0.4 is 5.32 Å². The predicted octanol–water partition coefficient (Wildman–Crippen LogP) is 1.03. The normalized spacial score (nSPS) is 34.7. The Bertz CT molecular complexity index is 344. The number of carbonyl (C=O) groups is 2. The van der Waals surface area contributed by atoms with E-state index < -0.39 is 5.54 Å². The van der Waals surface area contributed by atoms with Gasteiger partial charge in [0.25, 0.3) is 5.91 Å². The summed E-state index contributed by atoms with van der Waals surface area (Å²) in [6.45, 7) is 0.894. The molecular formula is C12H18N2O3. The van der Waals surface area contributed by atoms with E-state index in [9.17, 15) is 9.59 Å². The van der Waals surface area contributed by atoms with Crippen molar-refractivity contribution in [2.45, 2.75) is 50.1 Å². The number of nitrogens with one attached hydrogen (secondary N) is 1. The molecule has 3 rings (SSSR count). The molecule has 2 heterocycles. The first-order chi connectivity index (χ1) is 8.23. The van der Waals surface area contributed by atoms with E-state index in [0.717, 1.165) is 25.7 Å². The Morgan fingerprint density at radius 1 is 1.24 bits per heavy atom. The quantitative estimate of drug-likeness (QED) is 0.694. The second kappa shape index (κ2) is 3.98. The van der Waals surface area contributed by atoms with E-state index in [1.165, 1.54) is 11.3 Å². The molecule has 0 bridgehead atoms. The lowest BCUT2D eigenvalue weighted by atomic mass is 9.93. The van der Waals surface area contributed by atoms with Gasteiger partial charge in [0, 0.05) is 19.1 Å². The number of rotatable bonds is 1. The molecule has 1 spiro atoms. The minimum absolute atomic E-state index is 0.0631. The maximum atomic E-state index is 12.4. The maximum Gasteiger partial charge on any atom is 0.325 e. The van der Waals surface area contributed by atoms with Crippen LogP contribution in [0.25, 0.3) is 0 Å². The van der Waals surface area contributed by atoms with Gasteiger partial charge in [-0.15, -0.1) is 0 Å². The van der Waals surface area contributed by atoms with Crippen LogP contribution in [0.4, 0.5) is 4.79 Å². The number of urea groups is 1. The van der Waals surface area contributed by atoms with Crippen molar-refractivity contribution in [3.8, 4) is 0 Å². The molecule has 3 aliphatic rings. The van der Waals surface area contributed by atoms with Crippen molar-refractivity contribution in [1.82, 2.24) is 10.2 Å². The molecular weight excluding hydrogens is 220 g/mol. The van der Waals surface area contributed by atoms with Gasteiger partial charge in [-0.2, -0.15) is 0 Å². The molecule has 0 aromatic rings. The average Bonchev–Trinajstić information content (AvgIpc) is 2.88. The van der Waals surface area contributed by atoms with Crippen LogP contribution in [0.3, 0.4) is 0 Å². The summed E-state index contributed by atoms with van der Waals surface area (Å²) in [5.41, 5.74) is -0.742. The number of ether oxygens (including phenoxy) is 1. The monoisotopic (exact) mass is 238 g/mol. The zero-order chi connectivity index (χ0) is 11.9. The average molecular weight is 238 g/mol. The smallest absolute Gasteiger partial charge is 0.325 e. The molecule has 0 radical (unpaired) electrons. The highest BCUT2D eigenvalue weighted by atomic mass is 16.5. The summed E-state index contributed by atoms with van der Waals surface area (Å²) in [7, 11) is 0. The van der Waals surface area contributed by atoms with Crippen LogP contribution in [0.15, 0.2) is 0 Å². The minimum Gasteiger partial charge on any atom is -0.378 e. The summed E-state index contributed by atoms with van der Waals surface area (Å²) in [5.74, 6) is -0.0631. The van der Waals surface area contributed by atoms with Gasteiger partial charge in [-0.1, -0.05) is 19.3 Å². The van der Waals surface area contributed by atoms with E-state index in [0.29, 0.717) is 19.6 Å². The third kappa shape index (κ3) is 1.64. The molecule has 2 aliphatic heterocycles. The summed E-state index contributed by atoms with van der Waals surface area (Å²) in [6, 6.07) is -0.108. The summed E-state index contributed by atoms with van der Waals surface area (Å²) in [5, 5.41) is 2.84. The fourth-order valence-corrected chi connectivity index (χ4v) is 3.14. The Labute approximate surface area is 100 Å². The standard InChI is InChI=1S/C12H18N2O3/c15-10-12(6-7-17-8-12)13-11(16)14(10)9-4-2-1-3-5-9/h9H,1-8H2,(H,13,16). The molecule has 5 nitrogen and oxygen atoms in total. The third-order valence-electron chi connectivity index (χ3n) is 4.15. The van der Waals surface area contributed by atoms with Crippen molar-refractivity contribution in [2.75, 3.05) is 13.2 Å². The Morgan fingerprint density at radius 2 is 2.00 bits per heavy atom. The fraction of sp³-hybridized carbons (Fsp3) is 0.833. The minimum atomic E-state index is -0.742. The molecule has 3 fully saturated rings. The SMILES string of the molecule is O=C1NC2(CCOC2)C(=O)N1C1CCCCC1. The summed E-state index contributed by atoms with van der Waals surface area (Å²) >= 11 is 0. The lowest BCUT2D eigenvalue weighted by Gasteiger charge is -2.29. The van der Waals surface area contributed by atoms with Crippen LogP contribution in [0, 0.1) is 0 Å². The van der Waals surface area contributed by atoms with E-state index in [2.05, 4.69) is 5.32 Å². The van der Waals surface area contributed by atoms with Gasteiger partial charge in [-0.25, -0.2) is 4.79 Å². The number of hydrogen-bond acceptors (Lipinski definition) is 3. The first-order valence-corrected chi connectivity index (χ1v) is 6.46. The van der Waals surface area contributed by atoms with E-state index in [1.807, 2.05) is 0 Å². The highest BCUT2D eigenvalue weighted by Crippen LogP contribution is 2.32. The number of hydrogen-bond donors (Lipinski definition) is 1. The second-order valence-electron chi connectivity index (χ2n) is 5.28. The topological polar surface area (TPSA) is 58.6 Å². The second-order valence-corrected chi connectivity index (χ2v) is 5.28. The number of imide groups is 1. The first kappa shape index (κ1) is 11.0. The molecule has 1 atom stereocenters. The molecule has 2 saturated heterocycles. The molecule has 1 saturated carbocycles. The summed E-state index contributed by atoms with van der Waals surface area (Å²) in [6.07, 6.45) is 5.97. The molecule has 17 heavy (non-hydrogen) atoms. The fourth-order valence-electron chi connectivity index (χ4n) is 3.14. The van der Waals surface area contributed by atoms with Crippen molar-refractivity contribution in [1.29, 1.82) is 0 Å². The Balaban J connectivity index is 1.80. The molecule has 94 valence electrons. The van der Waals surface area contributed by atoms with Gasteiger partial charge in [0.15, 0.2) is 0 Å². The van der Waals surface area contributed by atoms with Gasteiger partial charge in [-0.3, -0.25) is 9.69 Å². The van der Waals surface area contributed by atoms with Crippen LogP contribution >= 0.6 is 0 Å². The van der Waals surface area contributed by atoms with Gasteiger partial charge in [0.2, 0.25) is 0 Å². The first-order valence-electron chi connectivity index (χ1n) is 6.46. The Morgan fingerprint density at radius 3 is 2.65 bits per heavy atom. The van der Waals surface area contributed by atoms with E-state index >= 15 is 0 Å². The largest absolute Gasteiger partial charge is 0.378 e. The van der Waals surface area contributed by atoms with Gasteiger partial charge in [0.1, 0.15) is 5.54 Å². The van der Waals surface area contributed by atoms with Crippen molar-refractivity contribution in [3.05, 3.63) is 0 Å². The van der Waals surface area contributed by atoms with Crippen LogP contribution in [-0.2, 0) is 9.53 Å². The molecule has 0 aromatic carbocycles. The van der Waals surface area contributed by atoms with Crippen molar-refractivity contribution < 1.29 is 14.3 Å². The van der Waals surface area contributed by atoms with Crippen molar-refractivity contribution >= 4 is 11.9 Å². The van der Waals surface area contributed by atoms with Crippen LogP contribution in [0.2, 0.25) is 0 Å². The van der Waals surface area contributed by atoms with Crippen molar-refractivity contribution in [2.24, 2.45) is 0 Å². The molecule has 5 heteroatoms. The van der Waals surface area contributed by atoms with Gasteiger partial charge < -0.3 is 10.1 Å². The van der Waals surface area contributed by atoms with E-state index in [1.54, 1.807) is 0 Å². The summed E-state index contributed by atoms with van der Waals surface area (Å²) in [4.78, 5) is 25.9.